The lowest BCUT2D eigenvalue weighted by Crippen LogP contribution is -2.29. The second kappa shape index (κ2) is 8.55. The van der Waals surface area contributed by atoms with E-state index in [-0.39, 0.29) is 19.2 Å². The van der Waals surface area contributed by atoms with Crippen molar-refractivity contribution in [3.8, 4) is 0 Å². The molecule has 0 rings (SSSR count). The molecule has 0 radical (unpaired) electrons. The SMILES string of the molecule is CCCC(=O)OC[C@@H](COC(C)=O)OC(C)=O. The normalized spacial score (nSPS) is 11.5. The summed E-state index contributed by atoms with van der Waals surface area (Å²) in [7, 11) is 0. The fraction of sp³-hybridized carbons (Fsp3) is 0.727. The summed E-state index contributed by atoms with van der Waals surface area (Å²) in [6.07, 6.45) is 0.235. The predicted octanol–water partition coefficient (Wildman–Crippen LogP) is 0.825. The van der Waals surface area contributed by atoms with Gasteiger partial charge in [0.2, 0.25) is 0 Å². The van der Waals surface area contributed by atoms with E-state index in [1.165, 1.54) is 13.8 Å². The Morgan fingerprint density at radius 3 is 2.06 bits per heavy atom. The minimum atomic E-state index is -0.753. The van der Waals surface area contributed by atoms with E-state index in [0.717, 1.165) is 0 Å². The van der Waals surface area contributed by atoms with Gasteiger partial charge in [-0.15, -0.1) is 0 Å². The minimum Gasteiger partial charge on any atom is -0.462 e. The third-order valence-corrected chi connectivity index (χ3v) is 1.69. The summed E-state index contributed by atoms with van der Waals surface area (Å²) in [4.78, 5) is 32.5. The maximum absolute atomic E-state index is 11.1. The van der Waals surface area contributed by atoms with Crippen molar-refractivity contribution in [1.29, 1.82) is 0 Å². The minimum absolute atomic E-state index is 0.105. The number of carbonyl (C=O) groups excluding carboxylic acids is 3. The third kappa shape index (κ3) is 9.35. The quantitative estimate of drug-likeness (QED) is 0.489. The van der Waals surface area contributed by atoms with Crippen molar-refractivity contribution in [2.24, 2.45) is 0 Å². The Kier molecular flexibility index (Phi) is 7.75. The van der Waals surface area contributed by atoms with Gasteiger partial charge in [0.25, 0.3) is 0 Å². The first-order valence-corrected chi connectivity index (χ1v) is 5.41. The number of ether oxygens (including phenoxy) is 3. The van der Waals surface area contributed by atoms with Crippen LogP contribution in [0.1, 0.15) is 33.6 Å². The zero-order chi connectivity index (χ0) is 13.3. The van der Waals surface area contributed by atoms with E-state index in [9.17, 15) is 14.4 Å². The van der Waals surface area contributed by atoms with Crippen LogP contribution in [0.15, 0.2) is 0 Å². The monoisotopic (exact) mass is 246 g/mol. The molecule has 0 aliphatic heterocycles. The van der Waals surface area contributed by atoms with Crippen molar-refractivity contribution in [1.82, 2.24) is 0 Å². The molecule has 0 aromatic rings. The molecule has 17 heavy (non-hydrogen) atoms. The summed E-state index contributed by atoms with van der Waals surface area (Å²) < 4.78 is 14.4. The third-order valence-electron chi connectivity index (χ3n) is 1.69. The van der Waals surface area contributed by atoms with Crippen molar-refractivity contribution in [2.45, 2.75) is 39.7 Å². The second-order valence-corrected chi connectivity index (χ2v) is 3.47. The standard InChI is InChI=1S/C11H18O6/c1-4-5-11(14)16-7-10(17-9(3)13)6-15-8(2)12/h10H,4-7H2,1-3H3/t10-/m1/s1. The molecule has 0 aliphatic carbocycles. The highest BCUT2D eigenvalue weighted by Gasteiger charge is 2.16. The van der Waals surface area contributed by atoms with Gasteiger partial charge in [-0.2, -0.15) is 0 Å². The first kappa shape index (κ1) is 15.4. The Balaban J connectivity index is 4.04. The highest BCUT2D eigenvalue weighted by Crippen LogP contribution is 1.99. The number of esters is 3. The van der Waals surface area contributed by atoms with Crippen LogP contribution in [0.3, 0.4) is 0 Å². The molecule has 0 unspecified atom stereocenters. The van der Waals surface area contributed by atoms with Gasteiger partial charge in [0.15, 0.2) is 6.10 Å². The Morgan fingerprint density at radius 2 is 1.59 bits per heavy atom. The summed E-state index contributed by atoms with van der Waals surface area (Å²) in [5.74, 6) is -1.37. The molecule has 98 valence electrons. The lowest BCUT2D eigenvalue weighted by atomic mass is 10.3. The average Bonchev–Trinajstić information content (AvgIpc) is 2.21. The zero-order valence-corrected chi connectivity index (χ0v) is 10.4. The molecule has 0 amide bonds. The molecule has 0 bridgehead atoms. The zero-order valence-electron chi connectivity index (χ0n) is 10.4. The van der Waals surface area contributed by atoms with E-state index < -0.39 is 18.0 Å². The van der Waals surface area contributed by atoms with Crippen LogP contribution < -0.4 is 0 Å². The summed E-state index contributed by atoms with van der Waals surface area (Å²) in [6, 6.07) is 0. The van der Waals surface area contributed by atoms with Crippen LogP contribution in [0.25, 0.3) is 0 Å². The summed E-state index contributed by atoms with van der Waals surface area (Å²) in [5, 5.41) is 0. The van der Waals surface area contributed by atoms with Crippen LogP contribution in [0.5, 0.6) is 0 Å². The molecule has 0 aliphatic rings. The Morgan fingerprint density at radius 1 is 1.00 bits per heavy atom. The molecule has 6 heteroatoms. The molecule has 0 aromatic carbocycles. The number of hydrogen-bond acceptors (Lipinski definition) is 6. The first-order chi connectivity index (χ1) is 7.95. The number of carbonyl (C=O) groups is 3. The van der Waals surface area contributed by atoms with Crippen molar-refractivity contribution >= 4 is 17.9 Å². The maximum atomic E-state index is 11.1. The highest BCUT2D eigenvalue weighted by molar-refractivity contribution is 5.69. The van der Waals surface area contributed by atoms with Crippen LogP contribution in [0.4, 0.5) is 0 Å². The molecule has 6 nitrogen and oxygen atoms in total. The van der Waals surface area contributed by atoms with Gasteiger partial charge in [0, 0.05) is 20.3 Å². The molecule has 1 atom stereocenters. The van der Waals surface area contributed by atoms with Crippen molar-refractivity contribution < 1.29 is 28.6 Å². The van der Waals surface area contributed by atoms with Crippen molar-refractivity contribution in [3.63, 3.8) is 0 Å². The molecular weight excluding hydrogens is 228 g/mol. The van der Waals surface area contributed by atoms with Gasteiger partial charge in [-0.25, -0.2) is 0 Å². The van der Waals surface area contributed by atoms with Gasteiger partial charge in [0.05, 0.1) is 0 Å². The van der Waals surface area contributed by atoms with E-state index in [4.69, 9.17) is 9.47 Å². The fourth-order valence-electron chi connectivity index (χ4n) is 1.02. The Labute approximate surface area is 100 Å². The topological polar surface area (TPSA) is 78.9 Å². The smallest absolute Gasteiger partial charge is 0.305 e. The van der Waals surface area contributed by atoms with Gasteiger partial charge in [0.1, 0.15) is 13.2 Å². The van der Waals surface area contributed by atoms with Crippen molar-refractivity contribution in [2.75, 3.05) is 13.2 Å². The summed E-state index contributed by atoms with van der Waals surface area (Å²) in [6.45, 7) is 4.10. The number of rotatable bonds is 7. The second-order valence-electron chi connectivity index (χ2n) is 3.47. The van der Waals surface area contributed by atoms with E-state index in [2.05, 4.69) is 4.74 Å². The lowest BCUT2D eigenvalue weighted by molar-refractivity contribution is -0.164. The molecule has 0 heterocycles. The van der Waals surface area contributed by atoms with Crippen LogP contribution in [-0.4, -0.2) is 37.2 Å². The Bertz CT molecular complexity index is 273. The molecule has 0 spiro atoms. The van der Waals surface area contributed by atoms with Crippen LogP contribution in [0.2, 0.25) is 0 Å². The van der Waals surface area contributed by atoms with Gasteiger partial charge in [-0.1, -0.05) is 6.92 Å². The molecule has 0 N–H and O–H groups in total. The Hall–Kier alpha value is -1.59. The van der Waals surface area contributed by atoms with Gasteiger partial charge in [-0.05, 0) is 6.42 Å². The van der Waals surface area contributed by atoms with E-state index in [1.807, 2.05) is 6.92 Å². The van der Waals surface area contributed by atoms with Gasteiger partial charge in [-0.3, -0.25) is 14.4 Å². The van der Waals surface area contributed by atoms with Gasteiger partial charge < -0.3 is 14.2 Å². The predicted molar refractivity (Wildman–Crippen MR) is 58.1 cm³/mol. The van der Waals surface area contributed by atoms with E-state index in [0.29, 0.717) is 12.8 Å². The van der Waals surface area contributed by atoms with E-state index >= 15 is 0 Å². The fourth-order valence-corrected chi connectivity index (χ4v) is 1.02. The van der Waals surface area contributed by atoms with E-state index in [1.54, 1.807) is 0 Å². The van der Waals surface area contributed by atoms with Crippen molar-refractivity contribution in [3.05, 3.63) is 0 Å². The first-order valence-electron chi connectivity index (χ1n) is 5.41. The van der Waals surface area contributed by atoms with Crippen LogP contribution in [-0.2, 0) is 28.6 Å². The summed E-state index contributed by atoms with van der Waals surface area (Å²) >= 11 is 0. The van der Waals surface area contributed by atoms with Crippen LogP contribution >= 0.6 is 0 Å². The molecule has 0 fully saturated rings. The average molecular weight is 246 g/mol. The van der Waals surface area contributed by atoms with Crippen LogP contribution in [0, 0.1) is 0 Å². The molecular formula is C11H18O6. The summed E-state index contributed by atoms with van der Waals surface area (Å²) in [5.41, 5.74) is 0. The molecule has 0 saturated heterocycles. The maximum Gasteiger partial charge on any atom is 0.305 e. The molecule has 0 aromatic heterocycles. The highest BCUT2D eigenvalue weighted by atomic mass is 16.6. The lowest BCUT2D eigenvalue weighted by Gasteiger charge is -2.16. The number of hydrogen-bond donors (Lipinski definition) is 0. The van der Waals surface area contributed by atoms with Gasteiger partial charge >= 0.3 is 17.9 Å². The largest absolute Gasteiger partial charge is 0.462 e. The molecule has 0 saturated carbocycles.